The summed E-state index contributed by atoms with van der Waals surface area (Å²) in [5.74, 6) is 0.921. The van der Waals surface area contributed by atoms with Gasteiger partial charge in [-0.3, -0.25) is 0 Å². The van der Waals surface area contributed by atoms with Crippen LogP contribution in [-0.2, 0) is 0 Å². The molecule has 0 spiro atoms. The molecule has 0 amide bonds. The number of nitrogens with two attached hydrogens (primary N) is 1. The lowest BCUT2D eigenvalue weighted by atomic mass is 10.5. The van der Waals surface area contributed by atoms with Crippen LogP contribution in [0.25, 0.3) is 5.95 Å². The van der Waals surface area contributed by atoms with Gasteiger partial charge >= 0.3 is 0 Å². The zero-order chi connectivity index (χ0) is 12.4. The summed E-state index contributed by atoms with van der Waals surface area (Å²) in [6.07, 6.45) is 3.38. The van der Waals surface area contributed by atoms with E-state index in [4.69, 9.17) is 5.73 Å². The van der Waals surface area contributed by atoms with Gasteiger partial charge in [0.1, 0.15) is 0 Å². The van der Waals surface area contributed by atoms with Gasteiger partial charge in [0.25, 0.3) is 5.95 Å². The Kier molecular flexibility index (Phi) is 2.61. The summed E-state index contributed by atoms with van der Waals surface area (Å²) in [5, 5.41) is 11.0. The summed E-state index contributed by atoms with van der Waals surface area (Å²) in [6.45, 7) is 0. The molecule has 90 valence electrons. The normalized spacial score (nSPS) is 10.4. The second kappa shape index (κ2) is 4.41. The lowest BCUT2D eigenvalue weighted by molar-refractivity contribution is 0.802. The Balaban J connectivity index is 1.96. The Morgan fingerprint density at radius 2 is 2.22 bits per heavy atom. The molecule has 0 atom stereocenters. The average Bonchev–Trinajstić information content (AvgIpc) is 3.00. The number of hydrogen-bond acceptors (Lipinski definition) is 7. The third-order valence-electron chi connectivity index (χ3n) is 2.13. The van der Waals surface area contributed by atoms with Gasteiger partial charge in [-0.25, -0.2) is 4.68 Å². The van der Waals surface area contributed by atoms with Crippen LogP contribution in [0.3, 0.4) is 0 Å². The van der Waals surface area contributed by atoms with Gasteiger partial charge in [-0.2, -0.15) is 31.4 Å². The average molecular weight is 259 g/mol. The van der Waals surface area contributed by atoms with Crippen molar-refractivity contribution < 1.29 is 0 Å². The molecule has 0 fully saturated rings. The van der Waals surface area contributed by atoms with E-state index < -0.39 is 0 Å². The van der Waals surface area contributed by atoms with E-state index in [1.165, 1.54) is 4.68 Å². The van der Waals surface area contributed by atoms with E-state index in [1.807, 2.05) is 16.8 Å². The highest BCUT2D eigenvalue weighted by atomic mass is 32.1. The second-order valence-electron chi connectivity index (χ2n) is 3.40. The zero-order valence-electron chi connectivity index (χ0n) is 9.19. The van der Waals surface area contributed by atoms with Crippen LogP contribution >= 0.6 is 11.3 Å². The molecule has 0 radical (unpaired) electrons. The third kappa shape index (κ3) is 2.13. The highest BCUT2D eigenvalue weighted by Crippen LogP contribution is 2.17. The zero-order valence-corrected chi connectivity index (χ0v) is 10.0. The number of nitrogens with one attached hydrogen (secondary N) is 1. The fraction of sp³-hybridized carbons (Fsp3) is 0. The van der Waals surface area contributed by atoms with E-state index in [0.717, 1.165) is 5.69 Å². The minimum absolute atomic E-state index is 0.147. The molecule has 3 N–H and O–H groups in total. The van der Waals surface area contributed by atoms with Gasteiger partial charge in [-0.15, -0.1) is 0 Å². The molecule has 0 aromatic carbocycles. The fourth-order valence-electron chi connectivity index (χ4n) is 1.39. The molecule has 3 aromatic rings. The van der Waals surface area contributed by atoms with Crippen molar-refractivity contribution in [3.8, 4) is 5.95 Å². The lowest BCUT2D eigenvalue weighted by Gasteiger charge is -2.05. The van der Waals surface area contributed by atoms with Crippen LogP contribution in [0.5, 0.6) is 0 Å². The van der Waals surface area contributed by atoms with Gasteiger partial charge < -0.3 is 11.1 Å². The van der Waals surface area contributed by atoms with Crippen LogP contribution in [0, 0.1) is 0 Å². The molecule has 3 rings (SSSR count). The molecule has 7 nitrogen and oxygen atoms in total. The first-order valence-electron chi connectivity index (χ1n) is 5.12. The quantitative estimate of drug-likeness (QED) is 0.739. The van der Waals surface area contributed by atoms with Gasteiger partial charge in [-0.1, -0.05) is 0 Å². The van der Waals surface area contributed by atoms with Crippen molar-refractivity contribution in [1.29, 1.82) is 0 Å². The van der Waals surface area contributed by atoms with E-state index in [2.05, 4.69) is 25.4 Å². The molecule has 0 saturated carbocycles. The first-order valence-corrected chi connectivity index (χ1v) is 6.06. The van der Waals surface area contributed by atoms with Gasteiger partial charge in [0.05, 0.1) is 5.69 Å². The molecule has 0 aliphatic carbocycles. The van der Waals surface area contributed by atoms with E-state index in [1.54, 1.807) is 29.8 Å². The summed E-state index contributed by atoms with van der Waals surface area (Å²) in [6, 6.07) is 3.71. The van der Waals surface area contributed by atoms with Crippen molar-refractivity contribution in [2.24, 2.45) is 0 Å². The highest BCUT2D eigenvalue weighted by Gasteiger charge is 2.06. The maximum atomic E-state index is 5.65. The molecule has 0 aliphatic rings. The minimum atomic E-state index is 0.147. The number of aromatic nitrogens is 5. The van der Waals surface area contributed by atoms with Crippen LogP contribution in [0.2, 0.25) is 0 Å². The van der Waals surface area contributed by atoms with Crippen LogP contribution < -0.4 is 11.1 Å². The monoisotopic (exact) mass is 259 g/mol. The van der Waals surface area contributed by atoms with E-state index >= 15 is 0 Å². The number of thiophene rings is 1. The smallest absolute Gasteiger partial charge is 0.257 e. The Bertz CT molecular complexity index is 632. The summed E-state index contributed by atoms with van der Waals surface area (Å²) < 4.78 is 1.52. The second-order valence-corrected chi connectivity index (χ2v) is 4.18. The van der Waals surface area contributed by atoms with Gasteiger partial charge in [0, 0.05) is 17.8 Å². The van der Waals surface area contributed by atoms with Gasteiger partial charge in [-0.05, 0) is 17.5 Å². The third-order valence-corrected chi connectivity index (χ3v) is 2.81. The van der Waals surface area contributed by atoms with E-state index in [-0.39, 0.29) is 5.95 Å². The Morgan fingerprint density at radius 3 is 2.94 bits per heavy atom. The fourth-order valence-corrected chi connectivity index (χ4v) is 1.98. The Morgan fingerprint density at radius 1 is 1.28 bits per heavy atom. The van der Waals surface area contributed by atoms with Crippen molar-refractivity contribution in [2.75, 3.05) is 11.1 Å². The number of rotatable bonds is 3. The van der Waals surface area contributed by atoms with Crippen LogP contribution in [0.4, 0.5) is 17.6 Å². The number of nitrogen functional groups attached to an aromatic ring is 1. The van der Waals surface area contributed by atoms with E-state index in [9.17, 15) is 0 Å². The molecule has 0 saturated heterocycles. The largest absolute Gasteiger partial charge is 0.368 e. The SMILES string of the molecule is Nc1nc(Nc2ccsc2)nc(-n2cccn2)n1. The molecular formula is C10H9N7S. The lowest BCUT2D eigenvalue weighted by Crippen LogP contribution is -2.09. The predicted octanol–water partition coefficient (Wildman–Crippen LogP) is 1.44. The van der Waals surface area contributed by atoms with Crippen molar-refractivity contribution in [3.05, 3.63) is 35.3 Å². The topological polar surface area (TPSA) is 94.5 Å². The maximum Gasteiger partial charge on any atom is 0.257 e. The first-order chi connectivity index (χ1) is 8.81. The van der Waals surface area contributed by atoms with Crippen LogP contribution in [0.15, 0.2) is 35.3 Å². The molecule has 3 heterocycles. The van der Waals surface area contributed by atoms with Crippen molar-refractivity contribution in [2.45, 2.75) is 0 Å². The van der Waals surface area contributed by atoms with Gasteiger partial charge in [0.15, 0.2) is 0 Å². The number of anilines is 3. The predicted molar refractivity (Wildman–Crippen MR) is 69.0 cm³/mol. The van der Waals surface area contributed by atoms with Crippen molar-refractivity contribution in [1.82, 2.24) is 24.7 Å². The van der Waals surface area contributed by atoms with Crippen LogP contribution in [-0.4, -0.2) is 24.7 Å². The van der Waals surface area contributed by atoms with Crippen molar-refractivity contribution >= 4 is 28.9 Å². The molecule has 0 bridgehead atoms. The molecule has 8 heteroatoms. The summed E-state index contributed by atoms with van der Waals surface area (Å²) in [5.41, 5.74) is 6.57. The molecular weight excluding hydrogens is 250 g/mol. The van der Waals surface area contributed by atoms with Gasteiger partial charge in [0.2, 0.25) is 11.9 Å². The van der Waals surface area contributed by atoms with E-state index in [0.29, 0.717) is 11.9 Å². The summed E-state index contributed by atoms with van der Waals surface area (Å²) in [7, 11) is 0. The Labute approximate surface area is 106 Å². The number of hydrogen-bond donors (Lipinski definition) is 2. The van der Waals surface area contributed by atoms with Crippen LogP contribution in [0.1, 0.15) is 0 Å². The standard InChI is InChI=1S/C10H9N7S/c11-8-14-9(13-7-2-5-18-6-7)16-10(15-8)17-4-1-3-12-17/h1-6H,(H3,11,13,14,15,16). The van der Waals surface area contributed by atoms with Crippen molar-refractivity contribution in [3.63, 3.8) is 0 Å². The molecule has 0 unspecified atom stereocenters. The minimum Gasteiger partial charge on any atom is -0.368 e. The summed E-state index contributed by atoms with van der Waals surface area (Å²) in [4.78, 5) is 12.3. The Hall–Kier alpha value is -2.48. The number of nitrogens with zero attached hydrogens (tertiary/aromatic N) is 5. The first kappa shape index (κ1) is 10.7. The maximum absolute atomic E-state index is 5.65. The molecule has 3 aromatic heterocycles. The highest BCUT2D eigenvalue weighted by molar-refractivity contribution is 7.08. The molecule has 18 heavy (non-hydrogen) atoms. The molecule has 0 aliphatic heterocycles. The summed E-state index contributed by atoms with van der Waals surface area (Å²) >= 11 is 1.58.